The van der Waals surface area contributed by atoms with Crippen LogP contribution in [-0.4, -0.2) is 11.2 Å². The molecule has 0 bridgehead atoms. The molecule has 0 aromatic heterocycles. The first kappa shape index (κ1) is 20.5. The van der Waals surface area contributed by atoms with Gasteiger partial charge in [-0.15, -0.1) is 11.8 Å². The molecule has 0 spiro atoms. The molecular formula is C24H24ClNOS. The molecule has 1 N–H and O–H groups in total. The van der Waals surface area contributed by atoms with E-state index < -0.39 is 0 Å². The fourth-order valence-electron chi connectivity index (χ4n) is 3.13. The van der Waals surface area contributed by atoms with E-state index in [0.717, 1.165) is 28.0 Å². The highest BCUT2D eigenvalue weighted by atomic mass is 35.5. The highest BCUT2D eigenvalue weighted by Crippen LogP contribution is 2.29. The Morgan fingerprint density at radius 2 is 1.61 bits per heavy atom. The van der Waals surface area contributed by atoms with E-state index in [2.05, 4.69) is 36.5 Å². The van der Waals surface area contributed by atoms with Gasteiger partial charge in [0.05, 0.1) is 11.3 Å². The van der Waals surface area contributed by atoms with Crippen LogP contribution >= 0.6 is 23.4 Å². The van der Waals surface area contributed by atoms with Gasteiger partial charge in [-0.2, -0.15) is 0 Å². The Morgan fingerprint density at radius 1 is 0.964 bits per heavy atom. The number of benzene rings is 3. The summed E-state index contributed by atoms with van der Waals surface area (Å²) in [6.07, 6.45) is 0.744. The molecule has 0 radical (unpaired) electrons. The Balaban J connectivity index is 1.84. The lowest BCUT2D eigenvalue weighted by atomic mass is 9.95. The van der Waals surface area contributed by atoms with Crippen molar-refractivity contribution < 1.29 is 4.79 Å². The van der Waals surface area contributed by atoms with Gasteiger partial charge >= 0.3 is 0 Å². The summed E-state index contributed by atoms with van der Waals surface area (Å²) in [6.45, 7) is 4.12. The van der Waals surface area contributed by atoms with Gasteiger partial charge in [0.25, 0.3) is 0 Å². The average molecular weight is 410 g/mol. The van der Waals surface area contributed by atoms with Gasteiger partial charge in [0.15, 0.2) is 0 Å². The second kappa shape index (κ2) is 9.81. The molecule has 144 valence electrons. The monoisotopic (exact) mass is 409 g/mol. The molecule has 1 amide bonds. The minimum absolute atomic E-state index is 0.0413. The van der Waals surface area contributed by atoms with Gasteiger partial charge in [0.1, 0.15) is 0 Å². The molecule has 0 aliphatic heterocycles. The zero-order chi connectivity index (χ0) is 19.9. The highest BCUT2D eigenvalue weighted by molar-refractivity contribution is 8.00. The maximum atomic E-state index is 13.2. The zero-order valence-corrected chi connectivity index (χ0v) is 17.6. The van der Waals surface area contributed by atoms with Crippen molar-refractivity contribution in [2.75, 3.05) is 0 Å². The molecule has 0 heterocycles. The minimum atomic E-state index is -0.172. The molecule has 3 aromatic carbocycles. The van der Waals surface area contributed by atoms with E-state index in [1.807, 2.05) is 61.5 Å². The van der Waals surface area contributed by atoms with Gasteiger partial charge in [-0.25, -0.2) is 0 Å². The molecule has 2 unspecified atom stereocenters. The molecule has 3 aromatic rings. The molecule has 28 heavy (non-hydrogen) atoms. The van der Waals surface area contributed by atoms with Crippen molar-refractivity contribution in [3.05, 3.63) is 101 Å². The summed E-state index contributed by atoms with van der Waals surface area (Å²) in [7, 11) is 0. The highest BCUT2D eigenvalue weighted by Gasteiger charge is 2.24. The standard InChI is InChI=1S/C24H24ClNOS/c1-3-22(28-20-15-13-19(25)14-16-20)24(27)26-23(18-10-5-4-6-11-18)21-12-8-7-9-17(21)2/h4-16,22-23H,3H2,1-2H3,(H,26,27). The van der Waals surface area contributed by atoms with Gasteiger partial charge in [-0.3, -0.25) is 4.79 Å². The Labute approximate surface area is 176 Å². The van der Waals surface area contributed by atoms with E-state index in [4.69, 9.17) is 11.6 Å². The van der Waals surface area contributed by atoms with E-state index >= 15 is 0 Å². The van der Waals surface area contributed by atoms with Crippen LogP contribution in [-0.2, 0) is 4.79 Å². The van der Waals surface area contributed by atoms with Crippen LogP contribution in [0.4, 0.5) is 0 Å². The van der Waals surface area contributed by atoms with Gasteiger partial charge < -0.3 is 5.32 Å². The normalized spacial score (nSPS) is 13.0. The summed E-state index contributed by atoms with van der Waals surface area (Å²) in [5.74, 6) is 0.0413. The Bertz CT molecular complexity index is 911. The molecule has 0 aliphatic rings. The number of hydrogen-bond acceptors (Lipinski definition) is 2. The van der Waals surface area contributed by atoms with Crippen LogP contribution in [0, 0.1) is 6.92 Å². The number of hydrogen-bond donors (Lipinski definition) is 1. The van der Waals surface area contributed by atoms with Crippen molar-refractivity contribution in [2.24, 2.45) is 0 Å². The van der Waals surface area contributed by atoms with Gasteiger partial charge in [-0.05, 0) is 54.3 Å². The van der Waals surface area contributed by atoms with Crippen LogP contribution in [0.15, 0.2) is 83.8 Å². The Kier molecular flexibility index (Phi) is 7.18. The SMILES string of the molecule is CCC(Sc1ccc(Cl)cc1)C(=O)NC(c1ccccc1)c1ccccc1C. The minimum Gasteiger partial charge on any atom is -0.344 e. The summed E-state index contributed by atoms with van der Waals surface area (Å²) in [4.78, 5) is 14.2. The average Bonchev–Trinajstić information content (AvgIpc) is 2.72. The van der Waals surface area contributed by atoms with Crippen molar-refractivity contribution in [1.82, 2.24) is 5.32 Å². The van der Waals surface area contributed by atoms with Crippen molar-refractivity contribution in [3.63, 3.8) is 0 Å². The van der Waals surface area contributed by atoms with Crippen LogP contribution in [0.25, 0.3) is 0 Å². The van der Waals surface area contributed by atoms with E-state index in [1.165, 1.54) is 0 Å². The first-order valence-electron chi connectivity index (χ1n) is 9.41. The summed E-state index contributed by atoms with van der Waals surface area (Å²) in [5.41, 5.74) is 3.36. The molecule has 2 nitrogen and oxygen atoms in total. The summed E-state index contributed by atoms with van der Waals surface area (Å²) >= 11 is 7.55. The van der Waals surface area contributed by atoms with E-state index in [0.29, 0.717) is 5.02 Å². The smallest absolute Gasteiger partial charge is 0.234 e. The Hall–Kier alpha value is -2.23. The summed E-state index contributed by atoms with van der Waals surface area (Å²) in [6, 6.07) is 25.8. The van der Waals surface area contributed by atoms with E-state index in [-0.39, 0.29) is 17.2 Å². The number of halogens is 1. The predicted octanol–water partition coefficient (Wildman–Crippen LogP) is 6.42. The molecule has 0 saturated heterocycles. The number of thioether (sulfide) groups is 1. The van der Waals surface area contributed by atoms with Crippen LogP contribution in [0.2, 0.25) is 5.02 Å². The first-order valence-corrected chi connectivity index (χ1v) is 10.7. The van der Waals surface area contributed by atoms with Crippen molar-refractivity contribution in [3.8, 4) is 0 Å². The molecule has 0 fully saturated rings. The third-order valence-corrected chi connectivity index (χ3v) is 6.30. The third kappa shape index (κ3) is 5.18. The second-order valence-electron chi connectivity index (χ2n) is 6.68. The molecule has 0 aliphatic carbocycles. The number of carbonyl (C=O) groups is 1. The molecule has 4 heteroatoms. The van der Waals surface area contributed by atoms with Crippen LogP contribution in [0.1, 0.15) is 36.1 Å². The first-order chi connectivity index (χ1) is 13.6. The third-order valence-electron chi connectivity index (χ3n) is 4.67. The molecule has 2 atom stereocenters. The Morgan fingerprint density at radius 3 is 2.25 bits per heavy atom. The van der Waals surface area contributed by atoms with E-state index in [1.54, 1.807) is 11.8 Å². The maximum absolute atomic E-state index is 13.2. The lowest BCUT2D eigenvalue weighted by Gasteiger charge is -2.24. The number of nitrogens with one attached hydrogen (secondary N) is 1. The van der Waals surface area contributed by atoms with Crippen molar-refractivity contribution in [1.29, 1.82) is 0 Å². The lowest BCUT2D eigenvalue weighted by molar-refractivity contribution is -0.121. The van der Waals surface area contributed by atoms with Crippen molar-refractivity contribution >= 4 is 29.3 Å². The molecule has 3 rings (SSSR count). The van der Waals surface area contributed by atoms with Crippen LogP contribution < -0.4 is 5.32 Å². The van der Waals surface area contributed by atoms with E-state index in [9.17, 15) is 4.79 Å². The summed E-state index contributed by atoms with van der Waals surface area (Å²) < 4.78 is 0. The van der Waals surface area contributed by atoms with Gasteiger partial charge in [0.2, 0.25) is 5.91 Å². The molecule has 0 saturated carbocycles. The fraction of sp³-hybridized carbons (Fsp3) is 0.208. The lowest BCUT2D eigenvalue weighted by Crippen LogP contribution is -2.36. The van der Waals surface area contributed by atoms with Crippen LogP contribution in [0.5, 0.6) is 0 Å². The largest absolute Gasteiger partial charge is 0.344 e. The second-order valence-corrected chi connectivity index (χ2v) is 8.39. The van der Waals surface area contributed by atoms with Gasteiger partial charge in [0, 0.05) is 9.92 Å². The number of aryl methyl sites for hydroxylation is 1. The zero-order valence-electron chi connectivity index (χ0n) is 16.1. The fourth-order valence-corrected chi connectivity index (χ4v) is 4.22. The number of amides is 1. The predicted molar refractivity (Wildman–Crippen MR) is 119 cm³/mol. The van der Waals surface area contributed by atoms with Crippen LogP contribution in [0.3, 0.4) is 0 Å². The number of carbonyl (C=O) groups excluding carboxylic acids is 1. The van der Waals surface area contributed by atoms with Crippen molar-refractivity contribution in [2.45, 2.75) is 36.5 Å². The summed E-state index contributed by atoms with van der Waals surface area (Å²) in [5, 5.41) is 3.82. The molecular weight excluding hydrogens is 386 g/mol. The topological polar surface area (TPSA) is 29.1 Å². The van der Waals surface area contributed by atoms with Gasteiger partial charge in [-0.1, -0.05) is 73.1 Å². The quantitative estimate of drug-likeness (QED) is 0.456. The maximum Gasteiger partial charge on any atom is 0.234 e. The number of rotatable bonds is 7.